The van der Waals surface area contributed by atoms with Gasteiger partial charge in [0.25, 0.3) is 0 Å². The van der Waals surface area contributed by atoms with Crippen molar-refractivity contribution < 1.29 is 9.47 Å². The van der Waals surface area contributed by atoms with Crippen LogP contribution < -0.4 is 4.74 Å². The topological polar surface area (TPSA) is 31.4 Å². The lowest BCUT2D eigenvalue weighted by molar-refractivity contribution is 0.145. The van der Waals surface area contributed by atoms with E-state index in [1.807, 2.05) is 6.07 Å². The molecular weight excluding hydrogens is 190 g/mol. The molecule has 0 radical (unpaired) electrons. The van der Waals surface area contributed by atoms with Gasteiger partial charge in [-0.15, -0.1) is 11.6 Å². The van der Waals surface area contributed by atoms with Crippen LogP contribution in [0.4, 0.5) is 0 Å². The van der Waals surface area contributed by atoms with Crippen molar-refractivity contribution in [2.75, 3.05) is 20.3 Å². The second-order valence-electron chi connectivity index (χ2n) is 2.46. The first-order chi connectivity index (χ1) is 6.38. The van der Waals surface area contributed by atoms with Gasteiger partial charge in [-0.2, -0.15) is 0 Å². The Morgan fingerprint density at radius 2 is 2.31 bits per heavy atom. The predicted octanol–water partition coefficient (Wildman–Crippen LogP) is 1.85. The van der Waals surface area contributed by atoms with Gasteiger partial charge in [0.15, 0.2) is 0 Å². The van der Waals surface area contributed by atoms with Gasteiger partial charge < -0.3 is 9.47 Å². The Morgan fingerprint density at radius 3 is 3.00 bits per heavy atom. The number of pyridine rings is 1. The van der Waals surface area contributed by atoms with E-state index in [-0.39, 0.29) is 0 Å². The second kappa shape index (κ2) is 5.78. The van der Waals surface area contributed by atoms with Gasteiger partial charge in [0.05, 0.1) is 18.7 Å². The van der Waals surface area contributed by atoms with Crippen molar-refractivity contribution in [3.63, 3.8) is 0 Å². The maximum absolute atomic E-state index is 5.71. The standard InChI is InChI=1S/C9H12ClNO2/c1-12-4-5-13-9-7-11-3-2-8(9)6-10/h2-3,7H,4-6H2,1H3. The molecule has 3 nitrogen and oxygen atoms in total. The Morgan fingerprint density at radius 1 is 1.46 bits per heavy atom. The van der Waals surface area contributed by atoms with E-state index < -0.39 is 0 Å². The van der Waals surface area contributed by atoms with Crippen LogP contribution in [-0.2, 0) is 10.6 Å². The third-order valence-corrected chi connectivity index (χ3v) is 1.85. The van der Waals surface area contributed by atoms with Gasteiger partial charge in [-0.3, -0.25) is 4.98 Å². The Hall–Kier alpha value is -0.800. The largest absolute Gasteiger partial charge is 0.489 e. The molecule has 4 heteroatoms. The lowest BCUT2D eigenvalue weighted by Crippen LogP contribution is -2.05. The van der Waals surface area contributed by atoms with E-state index in [0.717, 1.165) is 11.3 Å². The van der Waals surface area contributed by atoms with Crippen LogP contribution in [0, 0.1) is 0 Å². The highest BCUT2D eigenvalue weighted by molar-refractivity contribution is 6.17. The second-order valence-corrected chi connectivity index (χ2v) is 2.73. The van der Waals surface area contributed by atoms with Crippen molar-refractivity contribution in [2.45, 2.75) is 5.88 Å². The monoisotopic (exact) mass is 201 g/mol. The van der Waals surface area contributed by atoms with E-state index in [0.29, 0.717) is 19.1 Å². The molecule has 0 aromatic carbocycles. The van der Waals surface area contributed by atoms with E-state index >= 15 is 0 Å². The highest BCUT2D eigenvalue weighted by atomic mass is 35.5. The zero-order valence-corrected chi connectivity index (χ0v) is 8.25. The molecule has 1 rings (SSSR count). The molecule has 0 atom stereocenters. The summed E-state index contributed by atoms with van der Waals surface area (Å²) in [7, 11) is 1.63. The number of halogens is 1. The maximum atomic E-state index is 5.71. The molecule has 0 bridgehead atoms. The summed E-state index contributed by atoms with van der Waals surface area (Å²) in [6.45, 7) is 1.09. The van der Waals surface area contributed by atoms with Crippen LogP contribution in [0.5, 0.6) is 5.75 Å². The Bertz CT molecular complexity index is 255. The fourth-order valence-electron chi connectivity index (χ4n) is 0.884. The molecule has 13 heavy (non-hydrogen) atoms. The SMILES string of the molecule is COCCOc1cnccc1CCl. The molecule has 1 aromatic heterocycles. The molecule has 0 fully saturated rings. The van der Waals surface area contributed by atoms with E-state index in [9.17, 15) is 0 Å². The Labute approximate surface area is 82.6 Å². The molecule has 0 spiro atoms. The molecule has 0 amide bonds. The highest BCUT2D eigenvalue weighted by Crippen LogP contribution is 2.17. The number of methoxy groups -OCH3 is 1. The molecule has 1 heterocycles. The Balaban J connectivity index is 2.54. The fraction of sp³-hybridized carbons (Fsp3) is 0.444. The molecular formula is C9H12ClNO2. The zero-order valence-electron chi connectivity index (χ0n) is 7.50. The smallest absolute Gasteiger partial charge is 0.142 e. The summed E-state index contributed by atoms with van der Waals surface area (Å²) in [4.78, 5) is 3.95. The lowest BCUT2D eigenvalue weighted by Gasteiger charge is -2.07. The first kappa shape index (κ1) is 10.3. The summed E-state index contributed by atoms with van der Waals surface area (Å²) < 4.78 is 10.3. The van der Waals surface area contributed by atoms with Crippen LogP contribution in [0.2, 0.25) is 0 Å². The van der Waals surface area contributed by atoms with Crippen LogP contribution in [0.3, 0.4) is 0 Å². The number of hydrogen-bond acceptors (Lipinski definition) is 3. The van der Waals surface area contributed by atoms with Crippen molar-refractivity contribution >= 4 is 11.6 Å². The zero-order chi connectivity index (χ0) is 9.52. The number of nitrogens with zero attached hydrogens (tertiary/aromatic N) is 1. The molecule has 0 saturated carbocycles. The van der Waals surface area contributed by atoms with Crippen molar-refractivity contribution in [1.29, 1.82) is 0 Å². The summed E-state index contributed by atoms with van der Waals surface area (Å²) in [6.07, 6.45) is 3.36. The highest BCUT2D eigenvalue weighted by Gasteiger charge is 2.00. The molecule has 72 valence electrons. The molecule has 0 aliphatic rings. The fourth-order valence-corrected chi connectivity index (χ4v) is 1.10. The van der Waals surface area contributed by atoms with E-state index in [4.69, 9.17) is 21.1 Å². The van der Waals surface area contributed by atoms with E-state index in [1.54, 1.807) is 19.5 Å². The van der Waals surface area contributed by atoms with Gasteiger partial charge in [-0.1, -0.05) is 0 Å². The lowest BCUT2D eigenvalue weighted by atomic mass is 10.3. The summed E-state index contributed by atoms with van der Waals surface area (Å²) in [6, 6.07) is 1.84. The van der Waals surface area contributed by atoms with Gasteiger partial charge in [0, 0.05) is 18.9 Å². The first-order valence-electron chi connectivity index (χ1n) is 3.99. The van der Waals surface area contributed by atoms with Crippen molar-refractivity contribution in [1.82, 2.24) is 4.98 Å². The summed E-state index contributed by atoms with van der Waals surface area (Å²) in [5, 5.41) is 0. The number of ether oxygens (including phenoxy) is 2. The predicted molar refractivity (Wildman–Crippen MR) is 51.2 cm³/mol. The molecule has 0 aliphatic carbocycles. The molecule has 0 N–H and O–H groups in total. The summed E-state index contributed by atoms with van der Waals surface area (Å²) in [5.74, 6) is 1.17. The number of aromatic nitrogens is 1. The van der Waals surface area contributed by atoms with Crippen molar-refractivity contribution in [3.8, 4) is 5.75 Å². The van der Waals surface area contributed by atoms with Gasteiger partial charge in [0.1, 0.15) is 12.4 Å². The molecule has 0 saturated heterocycles. The van der Waals surface area contributed by atoms with Gasteiger partial charge in [-0.05, 0) is 6.07 Å². The molecule has 0 unspecified atom stereocenters. The summed E-state index contributed by atoms with van der Waals surface area (Å²) >= 11 is 5.71. The number of alkyl halides is 1. The average molecular weight is 202 g/mol. The minimum atomic E-state index is 0.435. The quantitative estimate of drug-likeness (QED) is 0.538. The van der Waals surface area contributed by atoms with Crippen LogP contribution in [0.25, 0.3) is 0 Å². The van der Waals surface area contributed by atoms with Crippen LogP contribution in [0.1, 0.15) is 5.56 Å². The molecule has 0 aliphatic heterocycles. The van der Waals surface area contributed by atoms with Gasteiger partial charge in [-0.25, -0.2) is 0 Å². The van der Waals surface area contributed by atoms with E-state index in [1.165, 1.54) is 0 Å². The third-order valence-electron chi connectivity index (χ3n) is 1.56. The third kappa shape index (κ3) is 3.20. The molecule has 1 aromatic rings. The van der Waals surface area contributed by atoms with Crippen LogP contribution in [0.15, 0.2) is 18.5 Å². The van der Waals surface area contributed by atoms with Crippen molar-refractivity contribution in [3.05, 3.63) is 24.0 Å². The van der Waals surface area contributed by atoms with Crippen LogP contribution >= 0.6 is 11.6 Å². The average Bonchev–Trinajstić information content (AvgIpc) is 2.19. The van der Waals surface area contributed by atoms with Crippen LogP contribution in [-0.4, -0.2) is 25.3 Å². The first-order valence-corrected chi connectivity index (χ1v) is 4.52. The Kier molecular flexibility index (Phi) is 4.57. The van der Waals surface area contributed by atoms with Crippen molar-refractivity contribution in [2.24, 2.45) is 0 Å². The van der Waals surface area contributed by atoms with E-state index in [2.05, 4.69) is 4.98 Å². The number of hydrogen-bond donors (Lipinski definition) is 0. The number of rotatable bonds is 5. The van der Waals surface area contributed by atoms with Gasteiger partial charge in [0.2, 0.25) is 0 Å². The minimum Gasteiger partial charge on any atom is -0.489 e. The van der Waals surface area contributed by atoms with Gasteiger partial charge >= 0.3 is 0 Å². The maximum Gasteiger partial charge on any atom is 0.142 e. The summed E-state index contributed by atoms with van der Waals surface area (Å²) in [5.41, 5.74) is 0.952. The minimum absolute atomic E-state index is 0.435. The normalized spacial score (nSPS) is 10.0.